The number of hydrogen-bond donors (Lipinski definition) is 0. The van der Waals surface area contributed by atoms with E-state index < -0.39 is 10.8 Å². The third kappa shape index (κ3) is 3.84. The lowest BCUT2D eigenvalue weighted by Crippen LogP contribution is -2.18. The highest BCUT2D eigenvalue weighted by Gasteiger charge is 2.05. The van der Waals surface area contributed by atoms with Crippen molar-refractivity contribution in [2.75, 3.05) is 18.2 Å². The molecule has 4 nitrogen and oxygen atoms in total. The normalized spacial score (nSPS) is 12.2. The van der Waals surface area contributed by atoms with Crippen molar-refractivity contribution in [3.8, 4) is 0 Å². The average molecular weight is 340 g/mol. The van der Waals surface area contributed by atoms with Crippen molar-refractivity contribution in [3.05, 3.63) is 46.7 Å². The molecule has 100 valence electrons. The van der Waals surface area contributed by atoms with Gasteiger partial charge in [-0.15, -0.1) is 0 Å². The van der Waals surface area contributed by atoms with E-state index in [0.29, 0.717) is 12.5 Å². The van der Waals surface area contributed by atoms with Gasteiger partial charge in [-0.25, -0.2) is 9.97 Å². The standard InChI is InChI=1S/C13H14BrN3OS/c1-17(13-15-7-11(14)8-16-13)9-10-3-5-12(6-4-10)19(2)18/h3-8H,9H2,1-2H3/t19-/m1/s1. The van der Waals surface area contributed by atoms with E-state index in [2.05, 4.69) is 25.9 Å². The number of benzene rings is 1. The average Bonchev–Trinajstić information content (AvgIpc) is 2.40. The van der Waals surface area contributed by atoms with E-state index in [-0.39, 0.29) is 0 Å². The Hall–Kier alpha value is -1.27. The van der Waals surface area contributed by atoms with Crippen LogP contribution in [0.4, 0.5) is 5.95 Å². The second-order valence-electron chi connectivity index (χ2n) is 4.16. The van der Waals surface area contributed by atoms with Gasteiger partial charge in [-0.2, -0.15) is 0 Å². The second kappa shape index (κ2) is 6.25. The molecule has 0 amide bonds. The van der Waals surface area contributed by atoms with Gasteiger partial charge < -0.3 is 4.90 Å². The molecule has 0 radical (unpaired) electrons. The lowest BCUT2D eigenvalue weighted by atomic mass is 10.2. The van der Waals surface area contributed by atoms with Crippen LogP contribution >= 0.6 is 15.9 Å². The molecule has 1 aromatic heterocycles. The van der Waals surface area contributed by atoms with Gasteiger partial charge in [0.2, 0.25) is 5.95 Å². The Morgan fingerprint density at radius 1 is 1.21 bits per heavy atom. The topological polar surface area (TPSA) is 46.1 Å². The highest BCUT2D eigenvalue weighted by Crippen LogP contribution is 2.14. The van der Waals surface area contributed by atoms with Crippen LogP contribution in [0.2, 0.25) is 0 Å². The third-order valence-electron chi connectivity index (χ3n) is 2.62. The number of rotatable bonds is 4. The van der Waals surface area contributed by atoms with Crippen LogP contribution in [0.3, 0.4) is 0 Å². The Labute approximate surface area is 123 Å². The molecule has 0 aliphatic rings. The van der Waals surface area contributed by atoms with E-state index in [4.69, 9.17) is 0 Å². The van der Waals surface area contributed by atoms with Gasteiger partial charge in [-0.3, -0.25) is 4.21 Å². The van der Waals surface area contributed by atoms with Gasteiger partial charge in [0.25, 0.3) is 0 Å². The summed E-state index contributed by atoms with van der Waals surface area (Å²) in [6.45, 7) is 0.707. The van der Waals surface area contributed by atoms with Crippen LogP contribution in [0, 0.1) is 0 Å². The summed E-state index contributed by atoms with van der Waals surface area (Å²) in [7, 11) is 1.01. The predicted octanol–water partition coefficient (Wildman–Crippen LogP) is 2.61. The molecule has 2 rings (SSSR count). The van der Waals surface area contributed by atoms with E-state index in [1.54, 1.807) is 18.6 Å². The summed E-state index contributed by atoms with van der Waals surface area (Å²) in [6.07, 6.45) is 5.13. The van der Waals surface area contributed by atoms with Crippen LogP contribution in [0.25, 0.3) is 0 Å². The van der Waals surface area contributed by atoms with Gasteiger partial charge in [0, 0.05) is 47.9 Å². The number of halogens is 1. The third-order valence-corrected chi connectivity index (χ3v) is 3.97. The van der Waals surface area contributed by atoms with Gasteiger partial charge in [-0.1, -0.05) is 12.1 Å². The Morgan fingerprint density at radius 3 is 2.32 bits per heavy atom. The molecule has 0 fully saturated rings. The monoisotopic (exact) mass is 339 g/mol. The minimum atomic E-state index is -0.932. The molecule has 0 spiro atoms. The highest BCUT2D eigenvalue weighted by molar-refractivity contribution is 9.10. The smallest absolute Gasteiger partial charge is 0.225 e. The van der Waals surface area contributed by atoms with Crippen LogP contribution < -0.4 is 4.90 Å². The zero-order chi connectivity index (χ0) is 13.8. The molecule has 0 aliphatic carbocycles. The number of hydrogen-bond acceptors (Lipinski definition) is 4. The Kier molecular flexibility index (Phi) is 4.66. The first-order chi connectivity index (χ1) is 9.06. The van der Waals surface area contributed by atoms with Crippen LogP contribution in [0.5, 0.6) is 0 Å². The lowest BCUT2D eigenvalue weighted by Gasteiger charge is -2.16. The van der Waals surface area contributed by atoms with E-state index in [1.165, 1.54) is 0 Å². The molecule has 19 heavy (non-hydrogen) atoms. The molecule has 0 saturated heterocycles. The maximum Gasteiger partial charge on any atom is 0.225 e. The predicted molar refractivity (Wildman–Crippen MR) is 80.6 cm³/mol. The molecule has 2 aromatic rings. The Bertz CT molecular complexity index is 571. The fraction of sp³-hybridized carbons (Fsp3) is 0.231. The summed E-state index contributed by atoms with van der Waals surface area (Å²) >= 11 is 3.31. The molecule has 0 unspecified atom stereocenters. The minimum absolute atomic E-state index is 0.673. The van der Waals surface area contributed by atoms with Crippen LogP contribution in [-0.2, 0) is 17.3 Å². The molecular weight excluding hydrogens is 326 g/mol. The first-order valence-electron chi connectivity index (χ1n) is 5.67. The zero-order valence-corrected chi connectivity index (χ0v) is 13.1. The van der Waals surface area contributed by atoms with Crippen LogP contribution in [0.1, 0.15) is 5.56 Å². The summed E-state index contributed by atoms with van der Waals surface area (Å²) in [5.74, 6) is 0.673. The summed E-state index contributed by atoms with van der Waals surface area (Å²) in [6, 6.07) is 7.74. The van der Waals surface area contributed by atoms with Crippen molar-refractivity contribution in [1.29, 1.82) is 0 Å². The van der Waals surface area contributed by atoms with Crippen molar-refractivity contribution in [1.82, 2.24) is 9.97 Å². The first-order valence-corrected chi connectivity index (χ1v) is 8.02. The van der Waals surface area contributed by atoms with E-state index in [1.807, 2.05) is 36.2 Å². The molecule has 0 bridgehead atoms. The lowest BCUT2D eigenvalue weighted by molar-refractivity contribution is 0.686. The van der Waals surface area contributed by atoms with Gasteiger partial charge in [-0.05, 0) is 33.6 Å². The van der Waals surface area contributed by atoms with Gasteiger partial charge in [0.05, 0.1) is 4.47 Å². The number of aromatic nitrogens is 2. The van der Waals surface area contributed by atoms with Gasteiger partial charge >= 0.3 is 0 Å². The van der Waals surface area contributed by atoms with Crippen LogP contribution in [0.15, 0.2) is 46.0 Å². The zero-order valence-electron chi connectivity index (χ0n) is 10.7. The van der Waals surface area contributed by atoms with Crippen LogP contribution in [-0.4, -0.2) is 27.5 Å². The number of nitrogens with zero attached hydrogens (tertiary/aromatic N) is 3. The van der Waals surface area contributed by atoms with Crippen molar-refractivity contribution in [2.24, 2.45) is 0 Å². The fourth-order valence-corrected chi connectivity index (χ4v) is 2.36. The summed E-state index contributed by atoms with van der Waals surface area (Å²) in [5, 5.41) is 0. The molecule has 0 aliphatic heterocycles. The quantitative estimate of drug-likeness (QED) is 0.858. The maximum absolute atomic E-state index is 11.3. The molecule has 0 N–H and O–H groups in total. The largest absolute Gasteiger partial charge is 0.340 e. The number of anilines is 1. The highest BCUT2D eigenvalue weighted by atomic mass is 79.9. The van der Waals surface area contributed by atoms with Crippen molar-refractivity contribution in [3.63, 3.8) is 0 Å². The Balaban J connectivity index is 2.08. The molecule has 1 atom stereocenters. The van der Waals surface area contributed by atoms with E-state index in [9.17, 15) is 4.21 Å². The van der Waals surface area contributed by atoms with Gasteiger partial charge in [0.15, 0.2) is 0 Å². The van der Waals surface area contributed by atoms with E-state index >= 15 is 0 Å². The van der Waals surface area contributed by atoms with Crippen molar-refractivity contribution < 1.29 is 4.21 Å². The minimum Gasteiger partial charge on any atom is -0.340 e. The van der Waals surface area contributed by atoms with E-state index in [0.717, 1.165) is 14.9 Å². The first kappa shape index (κ1) is 14.1. The van der Waals surface area contributed by atoms with Crippen molar-refractivity contribution in [2.45, 2.75) is 11.4 Å². The summed E-state index contributed by atoms with van der Waals surface area (Å²) < 4.78 is 12.2. The van der Waals surface area contributed by atoms with Gasteiger partial charge in [0.1, 0.15) is 0 Å². The summed E-state index contributed by atoms with van der Waals surface area (Å²) in [5.41, 5.74) is 1.13. The van der Waals surface area contributed by atoms with Crippen molar-refractivity contribution >= 4 is 32.7 Å². The SMILES string of the molecule is CN(Cc1ccc([S@@](C)=O)cc1)c1ncc(Br)cn1. The second-order valence-corrected chi connectivity index (χ2v) is 6.45. The molecular formula is C13H14BrN3OS. The molecule has 0 saturated carbocycles. The molecule has 1 heterocycles. The molecule has 6 heteroatoms. The maximum atomic E-state index is 11.3. The Morgan fingerprint density at radius 2 is 1.79 bits per heavy atom. The fourth-order valence-electron chi connectivity index (χ4n) is 1.63. The molecule has 1 aromatic carbocycles. The summed E-state index contributed by atoms with van der Waals surface area (Å²) in [4.78, 5) is 11.3.